The average molecular weight is 376 g/mol. The number of methoxy groups -OCH3 is 1. The van der Waals surface area contributed by atoms with E-state index >= 15 is 0 Å². The zero-order chi connectivity index (χ0) is 20.1. The summed E-state index contributed by atoms with van der Waals surface area (Å²) in [4.78, 5) is 20.7. The van der Waals surface area contributed by atoms with Crippen LogP contribution in [0.2, 0.25) is 0 Å². The minimum atomic E-state index is -0.438. The number of nitrogens with zero attached hydrogens (tertiary/aromatic N) is 2. The molecule has 1 aromatic heterocycles. The first-order valence-corrected chi connectivity index (χ1v) is 9.01. The number of rotatable bonds is 5. The summed E-state index contributed by atoms with van der Waals surface area (Å²) in [5.41, 5.74) is 2.84. The van der Waals surface area contributed by atoms with Crippen molar-refractivity contribution in [1.82, 2.24) is 9.97 Å². The molecular weight excluding hydrogens is 352 g/mol. The maximum Gasteiger partial charge on any atom is 0.229 e. The zero-order valence-electron chi connectivity index (χ0n) is 16.5. The summed E-state index contributed by atoms with van der Waals surface area (Å²) >= 11 is 0. The van der Waals surface area contributed by atoms with Gasteiger partial charge in [-0.1, -0.05) is 32.9 Å². The first-order valence-electron chi connectivity index (χ1n) is 9.01. The average Bonchev–Trinajstić information content (AvgIpc) is 2.69. The Kier molecular flexibility index (Phi) is 5.59. The van der Waals surface area contributed by atoms with Gasteiger partial charge in [-0.25, -0.2) is 9.97 Å². The van der Waals surface area contributed by atoms with Crippen molar-refractivity contribution in [2.75, 3.05) is 17.7 Å². The van der Waals surface area contributed by atoms with Gasteiger partial charge in [0, 0.05) is 28.4 Å². The standard InChI is InChI=1S/C22H24N4O2/c1-22(2,3)21(27)26-16-11-9-15(10-12-16)25-20-13-18(23-14-24-20)17-7-5-6-8-19(17)28-4/h5-14H,1-4H3,(H,26,27)(H,23,24,25). The number of benzene rings is 2. The summed E-state index contributed by atoms with van der Waals surface area (Å²) in [5.74, 6) is 1.40. The molecule has 0 radical (unpaired) electrons. The van der Waals surface area contributed by atoms with Crippen LogP contribution in [0.5, 0.6) is 5.75 Å². The molecule has 0 fully saturated rings. The number of carbonyl (C=O) groups excluding carboxylic acids is 1. The normalized spacial score (nSPS) is 11.0. The zero-order valence-corrected chi connectivity index (χ0v) is 16.5. The maximum atomic E-state index is 12.1. The first-order chi connectivity index (χ1) is 13.4. The smallest absolute Gasteiger partial charge is 0.229 e. The molecule has 0 saturated heterocycles. The van der Waals surface area contributed by atoms with Crippen molar-refractivity contribution >= 4 is 23.1 Å². The number of amides is 1. The van der Waals surface area contributed by atoms with Gasteiger partial charge in [0.25, 0.3) is 0 Å². The summed E-state index contributed by atoms with van der Waals surface area (Å²) in [6.07, 6.45) is 1.52. The van der Waals surface area contributed by atoms with E-state index in [9.17, 15) is 4.79 Å². The van der Waals surface area contributed by atoms with Gasteiger partial charge >= 0.3 is 0 Å². The lowest BCUT2D eigenvalue weighted by Crippen LogP contribution is -2.27. The summed E-state index contributed by atoms with van der Waals surface area (Å²) < 4.78 is 5.41. The second-order valence-corrected chi connectivity index (χ2v) is 7.40. The van der Waals surface area contributed by atoms with Crippen molar-refractivity contribution < 1.29 is 9.53 Å². The quantitative estimate of drug-likeness (QED) is 0.664. The van der Waals surface area contributed by atoms with Crippen LogP contribution < -0.4 is 15.4 Å². The fraction of sp³-hybridized carbons (Fsp3) is 0.227. The van der Waals surface area contributed by atoms with E-state index in [1.807, 2.05) is 75.4 Å². The Hall–Kier alpha value is -3.41. The number of carbonyl (C=O) groups is 1. The highest BCUT2D eigenvalue weighted by Gasteiger charge is 2.21. The monoisotopic (exact) mass is 376 g/mol. The lowest BCUT2D eigenvalue weighted by molar-refractivity contribution is -0.123. The minimum Gasteiger partial charge on any atom is -0.496 e. The minimum absolute atomic E-state index is 0.0227. The van der Waals surface area contributed by atoms with E-state index < -0.39 is 5.41 Å². The fourth-order valence-corrected chi connectivity index (χ4v) is 2.53. The molecular formula is C22H24N4O2. The van der Waals surface area contributed by atoms with Crippen LogP contribution >= 0.6 is 0 Å². The molecule has 2 N–H and O–H groups in total. The van der Waals surface area contributed by atoms with Crippen molar-refractivity contribution in [2.45, 2.75) is 20.8 Å². The van der Waals surface area contributed by atoms with Crippen molar-refractivity contribution in [2.24, 2.45) is 5.41 Å². The molecule has 6 nitrogen and oxygen atoms in total. The van der Waals surface area contributed by atoms with Gasteiger partial charge in [-0.2, -0.15) is 0 Å². The van der Waals surface area contributed by atoms with E-state index in [0.29, 0.717) is 5.82 Å². The number of para-hydroxylation sites is 1. The maximum absolute atomic E-state index is 12.1. The Morgan fingerprint density at radius 2 is 1.64 bits per heavy atom. The summed E-state index contributed by atoms with van der Waals surface area (Å²) in [6, 6.07) is 17.1. The van der Waals surface area contributed by atoms with Crippen LogP contribution in [0.15, 0.2) is 60.9 Å². The molecule has 3 rings (SSSR count). The Morgan fingerprint density at radius 1 is 0.964 bits per heavy atom. The van der Waals surface area contributed by atoms with Gasteiger partial charge in [-0.05, 0) is 36.4 Å². The molecule has 0 unspecified atom stereocenters. The Bertz CT molecular complexity index is 963. The van der Waals surface area contributed by atoms with Crippen molar-refractivity contribution in [3.8, 4) is 17.0 Å². The van der Waals surface area contributed by atoms with Crippen molar-refractivity contribution in [3.05, 3.63) is 60.9 Å². The highest BCUT2D eigenvalue weighted by atomic mass is 16.5. The molecule has 0 saturated carbocycles. The predicted molar refractivity (Wildman–Crippen MR) is 112 cm³/mol. The van der Waals surface area contributed by atoms with E-state index in [1.54, 1.807) is 7.11 Å². The molecule has 1 heterocycles. The molecule has 2 aromatic carbocycles. The summed E-state index contributed by atoms with van der Waals surface area (Å²) in [6.45, 7) is 5.64. The third kappa shape index (κ3) is 4.65. The van der Waals surface area contributed by atoms with Crippen LogP contribution in [-0.2, 0) is 4.79 Å². The van der Waals surface area contributed by atoms with E-state index in [-0.39, 0.29) is 5.91 Å². The summed E-state index contributed by atoms with van der Waals surface area (Å²) in [7, 11) is 1.64. The third-order valence-corrected chi connectivity index (χ3v) is 4.15. The lowest BCUT2D eigenvalue weighted by atomic mass is 9.95. The molecule has 1 amide bonds. The Labute approximate surface area is 165 Å². The molecule has 0 aliphatic carbocycles. The van der Waals surface area contributed by atoms with Gasteiger partial charge < -0.3 is 15.4 Å². The lowest BCUT2D eigenvalue weighted by Gasteiger charge is -2.17. The van der Waals surface area contributed by atoms with Gasteiger partial charge in [0.1, 0.15) is 17.9 Å². The Morgan fingerprint density at radius 3 is 2.32 bits per heavy atom. The number of anilines is 3. The molecule has 0 bridgehead atoms. The molecule has 6 heteroatoms. The first kappa shape index (κ1) is 19.4. The van der Waals surface area contributed by atoms with Gasteiger partial charge in [-0.15, -0.1) is 0 Å². The predicted octanol–water partition coefficient (Wildman–Crippen LogP) is 4.88. The van der Waals surface area contributed by atoms with Gasteiger partial charge in [-0.3, -0.25) is 4.79 Å². The highest BCUT2D eigenvalue weighted by molar-refractivity contribution is 5.94. The topological polar surface area (TPSA) is 76.1 Å². The molecule has 144 valence electrons. The van der Waals surface area contributed by atoms with Gasteiger partial charge in [0.15, 0.2) is 0 Å². The molecule has 0 spiro atoms. The Balaban J connectivity index is 1.75. The number of aromatic nitrogens is 2. The number of hydrogen-bond donors (Lipinski definition) is 2. The second kappa shape index (κ2) is 8.08. The van der Waals surface area contributed by atoms with Gasteiger partial charge in [0.2, 0.25) is 5.91 Å². The van der Waals surface area contributed by atoms with Crippen LogP contribution in [-0.4, -0.2) is 23.0 Å². The van der Waals surface area contributed by atoms with Crippen LogP contribution in [0.4, 0.5) is 17.2 Å². The van der Waals surface area contributed by atoms with Crippen molar-refractivity contribution in [1.29, 1.82) is 0 Å². The van der Waals surface area contributed by atoms with Crippen LogP contribution in [0.1, 0.15) is 20.8 Å². The third-order valence-electron chi connectivity index (χ3n) is 4.15. The van der Waals surface area contributed by atoms with Crippen LogP contribution in [0.25, 0.3) is 11.3 Å². The molecule has 0 aliphatic rings. The molecule has 28 heavy (non-hydrogen) atoms. The largest absolute Gasteiger partial charge is 0.496 e. The van der Waals surface area contributed by atoms with Crippen LogP contribution in [0.3, 0.4) is 0 Å². The van der Waals surface area contributed by atoms with E-state index in [2.05, 4.69) is 20.6 Å². The second-order valence-electron chi connectivity index (χ2n) is 7.40. The van der Waals surface area contributed by atoms with Gasteiger partial charge in [0.05, 0.1) is 12.8 Å². The molecule has 0 aliphatic heterocycles. The van der Waals surface area contributed by atoms with E-state index in [1.165, 1.54) is 6.33 Å². The fourth-order valence-electron chi connectivity index (χ4n) is 2.53. The SMILES string of the molecule is COc1ccccc1-c1cc(Nc2ccc(NC(=O)C(C)(C)C)cc2)ncn1. The number of nitrogens with one attached hydrogen (secondary N) is 2. The van der Waals surface area contributed by atoms with Crippen molar-refractivity contribution in [3.63, 3.8) is 0 Å². The van der Waals surface area contributed by atoms with E-state index in [4.69, 9.17) is 4.74 Å². The summed E-state index contributed by atoms with van der Waals surface area (Å²) in [5, 5.41) is 6.17. The molecule has 0 atom stereocenters. The highest BCUT2D eigenvalue weighted by Crippen LogP contribution is 2.29. The molecule has 3 aromatic rings. The number of hydrogen-bond acceptors (Lipinski definition) is 5. The van der Waals surface area contributed by atoms with Crippen LogP contribution in [0, 0.1) is 5.41 Å². The number of ether oxygens (including phenoxy) is 1. The van der Waals surface area contributed by atoms with E-state index in [0.717, 1.165) is 28.4 Å².